The fourth-order valence-electron chi connectivity index (χ4n) is 2.56. The van der Waals surface area contributed by atoms with Gasteiger partial charge < -0.3 is 14.9 Å². The standard InChI is InChI=1S/C15H23N3O2/c1-4-14(20)13-5-6-15(16-11(13)2)18-9-7-17(8-10-18)12(3)19/h5-6,14,20H,4,7-10H2,1-3H3/t14-/m0/s1. The Morgan fingerprint density at radius 2 is 2.00 bits per heavy atom. The van der Waals surface area contributed by atoms with Gasteiger partial charge in [0.1, 0.15) is 5.82 Å². The highest BCUT2D eigenvalue weighted by Gasteiger charge is 2.20. The predicted octanol–water partition coefficient (Wildman–Crippen LogP) is 1.50. The highest BCUT2D eigenvalue weighted by molar-refractivity contribution is 5.73. The number of pyridine rings is 1. The van der Waals surface area contributed by atoms with Crippen LogP contribution in [-0.2, 0) is 4.79 Å². The molecule has 1 N–H and O–H groups in total. The Morgan fingerprint density at radius 1 is 1.35 bits per heavy atom. The van der Waals surface area contributed by atoms with Gasteiger partial charge in [0.15, 0.2) is 0 Å². The van der Waals surface area contributed by atoms with Crippen molar-refractivity contribution in [1.29, 1.82) is 0 Å². The lowest BCUT2D eigenvalue weighted by Crippen LogP contribution is -2.48. The molecular weight excluding hydrogens is 254 g/mol. The molecular formula is C15H23N3O2. The van der Waals surface area contributed by atoms with Gasteiger partial charge in [-0.05, 0) is 19.4 Å². The van der Waals surface area contributed by atoms with E-state index in [1.54, 1.807) is 6.92 Å². The van der Waals surface area contributed by atoms with Crippen LogP contribution in [0.5, 0.6) is 0 Å². The third kappa shape index (κ3) is 3.10. The summed E-state index contributed by atoms with van der Waals surface area (Å²) in [5, 5.41) is 9.91. The van der Waals surface area contributed by atoms with Crippen LogP contribution in [0.1, 0.15) is 37.6 Å². The average molecular weight is 277 g/mol. The van der Waals surface area contributed by atoms with E-state index in [9.17, 15) is 9.90 Å². The van der Waals surface area contributed by atoms with Gasteiger partial charge in [-0.2, -0.15) is 0 Å². The molecule has 1 aromatic rings. The molecule has 0 radical (unpaired) electrons. The van der Waals surface area contributed by atoms with Gasteiger partial charge in [-0.25, -0.2) is 4.98 Å². The monoisotopic (exact) mass is 277 g/mol. The van der Waals surface area contributed by atoms with Gasteiger partial charge in [0.2, 0.25) is 5.91 Å². The molecule has 1 amide bonds. The number of aliphatic hydroxyl groups is 1. The first-order valence-corrected chi connectivity index (χ1v) is 7.19. The number of hydrogen-bond donors (Lipinski definition) is 1. The van der Waals surface area contributed by atoms with E-state index in [0.29, 0.717) is 6.42 Å². The van der Waals surface area contributed by atoms with E-state index in [-0.39, 0.29) is 5.91 Å². The lowest BCUT2D eigenvalue weighted by Gasteiger charge is -2.35. The summed E-state index contributed by atoms with van der Waals surface area (Å²) in [5.74, 6) is 1.06. The van der Waals surface area contributed by atoms with E-state index in [2.05, 4.69) is 9.88 Å². The molecule has 5 nitrogen and oxygen atoms in total. The molecule has 5 heteroatoms. The SMILES string of the molecule is CC[C@H](O)c1ccc(N2CCN(C(C)=O)CC2)nc1C. The molecule has 1 aromatic heterocycles. The second-order valence-corrected chi connectivity index (χ2v) is 5.26. The molecule has 1 aliphatic heterocycles. The van der Waals surface area contributed by atoms with Crippen molar-refractivity contribution in [3.63, 3.8) is 0 Å². The van der Waals surface area contributed by atoms with Crippen molar-refractivity contribution in [2.75, 3.05) is 31.1 Å². The minimum atomic E-state index is -0.439. The third-order valence-electron chi connectivity index (χ3n) is 3.91. The number of hydrogen-bond acceptors (Lipinski definition) is 4. The molecule has 1 fully saturated rings. The summed E-state index contributed by atoms with van der Waals surface area (Å²) in [4.78, 5) is 20.0. The number of aliphatic hydroxyl groups excluding tert-OH is 1. The van der Waals surface area contributed by atoms with Crippen LogP contribution >= 0.6 is 0 Å². The van der Waals surface area contributed by atoms with Crippen molar-refractivity contribution in [1.82, 2.24) is 9.88 Å². The zero-order valence-corrected chi connectivity index (χ0v) is 12.5. The summed E-state index contributed by atoms with van der Waals surface area (Å²) in [5.41, 5.74) is 1.78. The quantitative estimate of drug-likeness (QED) is 0.909. The number of rotatable bonds is 3. The first-order chi connectivity index (χ1) is 9.52. The lowest BCUT2D eigenvalue weighted by atomic mass is 10.1. The number of amides is 1. The first kappa shape index (κ1) is 14.8. The molecule has 0 bridgehead atoms. The van der Waals surface area contributed by atoms with Crippen molar-refractivity contribution < 1.29 is 9.90 Å². The van der Waals surface area contributed by atoms with Crippen LogP contribution in [0, 0.1) is 6.92 Å². The molecule has 1 aliphatic rings. The maximum absolute atomic E-state index is 11.3. The Kier molecular flexibility index (Phi) is 4.60. The van der Waals surface area contributed by atoms with Crippen molar-refractivity contribution in [3.05, 3.63) is 23.4 Å². The van der Waals surface area contributed by atoms with Crippen molar-refractivity contribution in [2.45, 2.75) is 33.3 Å². The molecule has 20 heavy (non-hydrogen) atoms. The Bertz CT molecular complexity index is 482. The number of anilines is 1. The fraction of sp³-hybridized carbons (Fsp3) is 0.600. The smallest absolute Gasteiger partial charge is 0.219 e. The van der Waals surface area contributed by atoms with Crippen LogP contribution in [0.4, 0.5) is 5.82 Å². The highest BCUT2D eigenvalue weighted by atomic mass is 16.3. The number of piperazine rings is 1. The molecule has 2 rings (SSSR count). The van der Waals surface area contributed by atoms with E-state index in [1.807, 2.05) is 30.9 Å². The maximum Gasteiger partial charge on any atom is 0.219 e. The van der Waals surface area contributed by atoms with E-state index in [4.69, 9.17) is 0 Å². The molecule has 1 atom stereocenters. The van der Waals surface area contributed by atoms with Gasteiger partial charge in [0.05, 0.1) is 6.10 Å². The van der Waals surface area contributed by atoms with Gasteiger partial charge in [0.25, 0.3) is 0 Å². The minimum absolute atomic E-state index is 0.134. The van der Waals surface area contributed by atoms with E-state index < -0.39 is 6.10 Å². The molecule has 2 heterocycles. The Labute approximate surface area is 120 Å². The summed E-state index contributed by atoms with van der Waals surface area (Å²) in [6.45, 7) is 8.61. The van der Waals surface area contributed by atoms with Gasteiger partial charge in [0, 0.05) is 44.4 Å². The van der Waals surface area contributed by atoms with Crippen LogP contribution in [0.3, 0.4) is 0 Å². The van der Waals surface area contributed by atoms with Crippen LogP contribution in [-0.4, -0.2) is 47.1 Å². The number of carbonyl (C=O) groups excluding carboxylic acids is 1. The van der Waals surface area contributed by atoms with Crippen LogP contribution in [0.25, 0.3) is 0 Å². The Hall–Kier alpha value is -1.62. The van der Waals surface area contributed by atoms with Crippen LogP contribution in [0.2, 0.25) is 0 Å². The topological polar surface area (TPSA) is 56.7 Å². The number of aryl methyl sites for hydroxylation is 1. The fourth-order valence-corrected chi connectivity index (χ4v) is 2.56. The van der Waals surface area contributed by atoms with Crippen molar-refractivity contribution in [2.24, 2.45) is 0 Å². The summed E-state index contributed by atoms with van der Waals surface area (Å²) < 4.78 is 0. The largest absolute Gasteiger partial charge is 0.388 e. The van der Waals surface area contributed by atoms with E-state index in [1.165, 1.54) is 0 Å². The molecule has 0 spiro atoms. The number of aromatic nitrogens is 1. The summed E-state index contributed by atoms with van der Waals surface area (Å²) in [6.07, 6.45) is 0.255. The Balaban J connectivity index is 2.07. The van der Waals surface area contributed by atoms with Crippen molar-refractivity contribution >= 4 is 11.7 Å². The summed E-state index contributed by atoms with van der Waals surface area (Å²) >= 11 is 0. The van der Waals surface area contributed by atoms with Gasteiger partial charge >= 0.3 is 0 Å². The third-order valence-corrected chi connectivity index (χ3v) is 3.91. The molecule has 1 saturated heterocycles. The summed E-state index contributed by atoms with van der Waals surface area (Å²) in [7, 11) is 0. The second kappa shape index (κ2) is 6.22. The zero-order valence-electron chi connectivity index (χ0n) is 12.5. The molecule has 0 saturated carbocycles. The van der Waals surface area contributed by atoms with Crippen molar-refractivity contribution in [3.8, 4) is 0 Å². The minimum Gasteiger partial charge on any atom is -0.388 e. The van der Waals surface area contributed by atoms with Gasteiger partial charge in [-0.15, -0.1) is 0 Å². The zero-order chi connectivity index (χ0) is 14.7. The average Bonchev–Trinajstić information content (AvgIpc) is 2.46. The lowest BCUT2D eigenvalue weighted by molar-refractivity contribution is -0.129. The van der Waals surface area contributed by atoms with E-state index >= 15 is 0 Å². The Morgan fingerprint density at radius 3 is 2.50 bits per heavy atom. The normalized spacial score (nSPS) is 17.2. The van der Waals surface area contributed by atoms with Crippen LogP contribution < -0.4 is 4.90 Å². The molecule has 0 unspecified atom stereocenters. The van der Waals surface area contributed by atoms with Gasteiger partial charge in [-0.1, -0.05) is 13.0 Å². The number of nitrogens with zero attached hydrogens (tertiary/aromatic N) is 3. The summed E-state index contributed by atoms with van der Waals surface area (Å²) in [6, 6.07) is 3.92. The highest BCUT2D eigenvalue weighted by Crippen LogP contribution is 2.22. The second-order valence-electron chi connectivity index (χ2n) is 5.26. The molecule has 0 aromatic carbocycles. The first-order valence-electron chi connectivity index (χ1n) is 7.19. The van der Waals surface area contributed by atoms with E-state index in [0.717, 1.165) is 43.3 Å². The molecule has 0 aliphatic carbocycles. The predicted molar refractivity (Wildman–Crippen MR) is 78.7 cm³/mol. The molecule has 110 valence electrons. The maximum atomic E-state index is 11.3. The number of carbonyl (C=O) groups is 1. The van der Waals surface area contributed by atoms with Crippen LogP contribution in [0.15, 0.2) is 12.1 Å². The van der Waals surface area contributed by atoms with Gasteiger partial charge in [-0.3, -0.25) is 4.79 Å².